The van der Waals surface area contributed by atoms with Crippen LogP contribution in [-0.4, -0.2) is 30.4 Å². The molecule has 0 bridgehead atoms. The molecule has 1 aromatic heterocycles. The molecular formula is C22H22N2O4S. The van der Waals surface area contributed by atoms with E-state index in [9.17, 15) is 9.59 Å². The fourth-order valence-electron chi connectivity index (χ4n) is 2.71. The van der Waals surface area contributed by atoms with E-state index in [1.165, 1.54) is 11.3 Å². The molecule has 0 spiro atoms. The Hall–Kier alpha value is -3.19. The van der Waals surface area contributed by atoms with Crippen LogP contribution in [0.15, 0.2) is 48.5 Å². The first-order valence-electron chi connectivity index (χ1n) is 9.18. The first-order chi connectivity index (χ1) is 14.0. The van der Waals surface area contributed by atoms with Gasteiger partial charge in [0.15, 0.2) is 17.5 Å². The molecule has 1 amide bonds. The Bertz CT molecular complexity index is 995. The highest BCUT2D eigenvalue weighted by Crippen LogP contribution is 2.31. The van der Waals surface area contributed by atoms with E-state index in [-0.39, 0.29) is 18.3 Å². The number of anilines is 1. The summed E-state index contributed by atoms with van der Waals surface area (Å²) in [5.41, 5.74) is 2.41. The number of nitrogens with zero attached hydrogens (tertiary/aromatic N) is 1. The maximum Gasteiger partial charge on any atom is 0.264 e. The number of aryl methyl sites for hydroxylation is 1. The molecule has 0 fully saturated rings. The number of amides is 1. The summed E-state index contributed by atoms with van der Waals surface area (Å²) in [5, 5.41) is 3.29. The molecule has 1 N–H and O–H groups in total. The third kappa shape index (κ3) is 5.20. The minimum absolute atomic E-state index is 0.0705. The summed E-state index contributed by atoms with van der Waals surface area (Å²) in [7, 11) is 1.62. The summed E-state index contributed by atoms with van der Waals surface area (Å²) < 4.78 is 10.7. The van der Waals surface area contributed by atoms with Gasteiger partial charge in [-0.3, -0.25) is 14.9 Å². The van der Waals surface area contributed by atoms with Gasteiger partial charge < -0.3 is 9.47 Å². The standard InChI is InChI=1S/C22H22N2O4S/c1-4-19(25)15-5-11-18(12-6-15)28-13-20(26)23-22-24-21(14(2)29-22)16-7-9-17(27-3)10-8-16/h5-12H,4,13H2,1-3H3,(H,23,24,26). The van der Waals surface area contributed by atoms with E-state index in [1.807, 2.05) is 38.1 Å². The number of benzene rings is 2. The third-order valence-corrected chi connectivity index (χ3v) is 5.16. The number of thiazole rings is 1. The molecule has 0 atom stereocenters. The number of nitrogens with one attached hydrogen (secondary N) is 1. The number of hydrogen-bond acceptors (Lipinski definition) is 6. The van der Waals surface area contributed by atoms with E-state index in [1.54, 1.807) is 31.4 Å². The topological polar surface area (TPSA) is 77.5 Å². The molecule has 0 unspecified atom stereocenters. The van der Waals surface area contributed by atoms with Crippen molar-refractivity contribution < 1.29 is 19.1 Å². The molecule has 6 nitrogen and oxygen atoms in total. The molecule has 29 heavy (non-hydrogen) atoms. The van der Waals surface area contributed by atoms with Gasteiger partial charge in [0.05, 0.1) is 12.8 Å². The van der Waals surface area contributed by atoms with Gasteiger partial charge in [0, 0.05) is 22.4 Å². The molecule has 0 saturated carbocycles. The van der Waals surface area contributed by atoms with Gasteiger partial charge in [-0.15, -0.1) is 11.3 Å². The number of hydrogen-bond donors (Lipinski definition) is 1. The highest BCUT2D eigenvalue weighted by Gasteiger charge is 2.13. The highest BCUT2D eigenvalue weighted by molar-refractivity contribution is 7.16. The molecule has 2 aromatic carbocycles. The van der Waals surface area contributed by atoms with Gasteiger partial charge in [0.2, 0.25) is 0 Å². The molecular weight excluding hydrogens is 388 g/mol. The summed E-state index contributed by atoms with van der Waals surface area (Å²) in [5.74, 6) is 1.08. The maximum atomic E-state index is 12.2. The van der Waals surface area contributed by atoms with Crippen LogP contribution in [0.2, 0.25) is 0 Å². The van der Waals surface area contributed by atoms with E-state index in [0.29, 0.717) is 22.9 Å². The summed E-state index contributed by atoms with van der Waals surface area (Å²) >= 11 is 1.41. The van der Waals surface area contributed by atoms with Gasteiger partial charge in [0.25, 0.3) is 5.91 Å². The number of ether oxygens (including phenoxy) is 2. The van der Waals surface area contributed by atoms with Gasteiger partial charge in [-0.1, -0.05) is 6.92 Å². The normalized spacial score (nSPS) is 10.4. The molecule has 3 rings (SSSR count). The number of carbonyl (C=O) groups excluding carboxylic acids is 2. The van der Waals surface area contributed by atoms with Crippen LogP contribution in [0.5, 0.6) is 11.5 Å². The average Bonchev–Trinajstić information content (AvgIpc) is 3.11. The lowest BCUT2D eigenvalue weighted by Gasteiger charge is -2.06. The maximum absolute atomic E-state index is 12.2. The lowest BCUT2D eigenvalue weighted by Crippen LogP contribution is -2.20. The van der Waals surface area contributed by atoms with E-state index in [4.69, 9.17) is 9.47 Å². The summed E-state index contributed by atoms with van der Waals surface area (Å²) in [6, 6.07) is 14.4. The quantitative estimate of drug-likeness (QED) is 0.543. The molecule has 7 heteroatoms. The van der Waals surface area contributed by atoms with Crippen molar-refractivity contribution in [2.75, 3.05) is 19.0 Å². The zero-order chi connectivity index (χ0) is 20.8. The molecule has 150 valence electrons. The molecule has 1 heterocycles. The van der Waals surface area contributed by atoms with Crippen molar-refractivity contribution in [3.63, 3.8) is 0 Å². The van der Waals surface area contributed by atoms with Crippen molar-refractivity contribution in [1.82, 2.24) is 4.98 Å². The van der Waals surface area contributed by atoms with Crippen molar-refractivity contribution in [2.45, 2.75) is 20.3 Å². The second-order valence-corrected chi connectivity index (χ2v) is 7.49. The van der Waals surface area contributed by atoms with Crippen LogP contribution >= 0.6 is 11.3 Å². The van der Waals surface area contributed by atoms with Crippen LogP contribution in [0.4, 0.5) is 5.13 Å². The summed E-state index contributed by atoms with van der Waals surface area (Å²) in [4.78, 5) is 29.4. The monoisotopic (exact) mass is 410 g/mol. The zero-order valence-corrected chi connectivity index (χ0v) is 17.3. The predicted octanol–water partition coefficient (Wildman–Crippen LogP) is 4.74. The molecule has 0 aliphatic rings. The number of carbonyl (C=O) groups is 2. The van der Waals surface area contributed by atoms with Crippen LogP contribution in [0.3, 0.4) is 0 Å². The number of methoxy groups -OCH3 is 1. The van der Waals surface area contributed by atoms with E-state index in [2.05, 4.69) is 10.3 Å². The van der Waals surface area contributed by atoms with Gasteiger partial charge >= 0.3 is 0 Å². The Morgan fingerprint density at radius 2 is 1.69 bits per heavy atom. The summed E-state index contributed by atoms with van der Waals surface area (Å²) in [6.45, 7) is 3.64. The van der Waals surface area contributed by atoms with Crippen molar-refractivity contribution in [3.05, 3.63) is 59.0 Å². The number of aromatic nitrogens is 1. The predicted molar refractivity (Wildman–Crippen MR) is 114 cm³/mol. The minimum atomic E-state index is -0.297. The zero-order valence-electron chi connectivity index (χ0n) is 16.5. The van der Waals surface area contributed by atoms with E-state index in [0.717, 1.165) is 21.9 Å². The van der Waals surface area contributed by atoms with Crippen molar-refractivity contribution >= 4 is 28.2 Å². The first kappa shape index (κ1) is 20.5. The van der Waals surface area contributed by atoms with Crippen LogP contribution in [-0.2, 0) is 4.79 Å². The van der Waals surface area contributed by atoms with E-state index < -0.39 is 0 Å². The molecule has 0 aliphatic heterocycles. The van der Waals surface area contributed by atoms with Crippen LogP contribution < -0.4 is 14.8 Å². The number of ketones is 1. The largest absolute Gasteiger partial charge is 0.497 e. The summed E-state index contributed by atoms with van der Waals surface area (Å²) in [6.07, 6.45) is 0.453. The Labute approximate surface area is 173 Å². The van der Waals surface area contributed by atoms with Gasteiger partial charge in [-0.25, -0.2) is 4.98 Å². The van der Waals surface area contributed by atoms with Gasteiger partial charge in [-0.05, 0) is 55.5 Å². The van der Waals surface area contributed by atoms with Gasteiger partial charge in [0.1, 0.15) is 11.5 Å². The average molecular weight is 410 g/mol. The molecule has 0 saturated heterocycles. The smallest absolute Gasteiger partial charge is 0.264 e. The fraction of sp³-hybridized carbons (Fsp3) is 0.227. The molecule has 0 aliphatic carbocycles. The Morgan fingerprint density at radius 3 is 2.31 bits per heavy atom. The Morgan fingerprint density at radius 1 is 1.03 bits per heavy atom. The molecule has 0 radical (unpaired) electrons. The first-order valence-corrected chi connectivity index (χ1v) is 9.99. The van der Waals surface area contributed by atoms with Gasteiger partial charge in [-0.2, -0.15) is 0 Å². The minimum Gasteiger partial charge on any atom is -0.497 e. The van der Waals surface area contributed by atoms with Crippen molar-refractivity contribution in [2.24, 2.45) is 0 Å². The highest BCUT2D eigenvalue weighted by atomic mass is 32.1. The Balaban J connectivity index is 1.58. The second kappa shape index (κ2) is 9.34. The van der Waals surface area contributed by atoms with Crippen LogP contribution in [0.1, 0.15) is 28.6 Å². The number of Topliss-reactive ketones (excluding diaryl/α,β-unsaturated/α-hetero) is 1. The van der Waals surface area contributed by atoms with Crippen molar-refractivity contribution in [1.29, 1.82) is 0 Å². The molecule has 3 aromatic rings. The van der Waals surface area contributed by atoms with E-state index >= 15 is 0 Å². The second-order valence-electron chi connectivity index (χ2n) is 6.29. The van der Waals surface area contributed by atoms with Crippen LogP contribution in [0.25, 0.3) is 11.3 Å². The third-order valence-electron chi connectivity index (χ3n) is 4.27. The lowest BCUT2D eigenvalue weighted by atomic mass is 10.1. The lowest BCUT2D eigenvalue weighted by molar-refractivity contribution is -0.118. The fourth-order valence-corrected chi connectivity index (χ4v) is 3.56. The Kier molecular flexibility index (Phi) is 6.61. The van der Waals surface area contributed by atoms with Crippen LogP contribution in [0, 0.1) is 6.92 Å². The number of rotatable bonds is 8. The SMILES string of the molecule is CCC(=O)c1ccc(OCC(=O)Nc2nc(-c3ccc(OC)cc3)c(C)s2)cc1. The van der Waals surface area contributed by atoms with Crippen molar-refractivity contribution in [3.8, 4) is 22.8 Å².